The molecule has 2 aliphatic heterocycles. The van der Waals surface area contributed by atoms with Crippen LogP contribution < -0.4 is 10.9 Å². The average Bonchev–Trinajstić information content (AvgIpc) is 2.80. The fourth-order valence-corrected chi connectivity index (χ4v) is 3.54. The molecule has 2 fully saturated rings. The summed E-state index contributed by atoms with van der Waals surface area (Å²) in [5.74, 6) is 1.42. The average molecular weight is 340 g/mol. The lowest BCUT2D eigenvalue weighted by molar-refractivity contribution is 0.0758. The third-order valence-corrected chi connectivity index (χ3v) is 5.00. The van der Waals surface area contributed by atoms with Gasteiger partial charge in [-0.05, 0) is 59.8 Å². The molecule has 5 nitrogen and oxygen atoms in total. The Bertz CT molecular complexity index is 558. The molecule has 1 aromatic rings. The highest BCUT2D eigenvalue weighted by Gasteiger charge is 2.31. The molecule has 2 saturated heterocycles. The van der Waals surface area contributed by atoms with Crippen molar-refractivity contribution in [1.82, 2.24) is 15.2 Å². The number of nitrogens with zero attached hydrogens (tertiary/aromatic N) is 1. The molecule has 0 spiro atoms. The SMILES string of the molecule is O=C(c1c[nH]c(=O)c(Br)c1)N1CC[C@@H]2CNC[C@@H]2CC1. The number of likely N-dealkylation sites (tertiary alicyclic amines) is 1. The van der Waals surface area contributed by atoms with Crippen molar-refractivity contribution >= 4 is 21.8 Å². The molecule has 2 N–H and O–H groups in total. The van der Waals surface area contributed by atoms with Crippen LogP contribution in [0.15, 0.2) is 21.5 Å². The molecule has 108 valence electrons. The Labute approximate surface area is 125 Å². The topological polar surface area (TPSA) is 65.2 Å². The number of hydrogen-bond donors (Lipinski definition) is 2. The molecule has 2 atom stereocenters. The number of pyridine rings is 1. The van der Waals surface area contributed by atoms with Crippen LogP contribution in [0, 0.1) is 11.8 Å². The zero-order valence-corrected chi connectivity index (χ0v) is 12.8. The Morgan fingerprint density at radius 3 is 2.50 bits per heavy atom. The van der Waals surface area contributed by atoms with Gasteiger partial charge in [-0.15, -0.1) is 0 Å². The van der Waals surface area contributed by atoms with Gasteiger partial charge >= 0.3 is 0 Å². The molecule has 6 heteroatoms. The smallest absolute Gasteiger partial charge is 0.262 e. The maximum atomic E-state index is 12.5. The van der Waals surface area contributed by atoms with Crippen LogP contribution in [0.25, 0.3) is 0 Å². The molecule has 2 aliphatic rings. The summed E-state index contributed by atoms with van der Waals surface area (Å²) in [4.78, 5) is 28.3. The molecule has 0 radical (unpaired) electrons. The maximum absolute atomic E-state index is 12.5. The standard InChI is InChI=1S/C14H18BrN3O2/c15-12-5-11(8-17-13(12)19)14(20)18-3-1-9-6-16-7-10(9)2-4-18/h5,8-10,16H,1-4,6-7H2,(H,17,19)/t9-,10+. The Morgan fingerprint density at radius 2 is 1.90 bits per heavy atom. The van der Waals surface area contributed by atoms with E-state index < -0.39 is 0 Å². The highest BCUT2D eigenvalue weighted by atomic mass is 79.9. The quantitative estimate of drug-likeness (QED) is 0.808. The minimum atomic E-state index is -0.210. The van der Waals surface area contributed by atoms with E-state index in [1.807, 2.05) is 4.90 Å². The van der Waals surface area contributed by atoms with Gasteiger partial charge in [-0.1, -0.05) is 0 Å². The molecule has 20 heavy (non-hydrogen) atoms. The molecule has 3 heterocycles. The minimum absolute atomic E-state index is 0.00915. The van der Waals surface area contributed by atoms with Crippen LogP contribution in [-0.2, 0) is 0 Å². The number of carbonyl (C=O) groups excluding carboxylic acids is 1. The summed E-state index contributed by atoms with van der Waals surface area (Å²) in [5.41, 5.74) is 0.333. The van der Waals surface area contributed by atoms with Gasteiger partial charge in [0.15, 0.2) is 0 Å². The molecule has 1 aromatic heterocycles. The lowest BCUT2D eigenvalue weighted by Gasteiger charge is -2.21. The van der Waals surface area contributed by atoms with E-state index in [1.165, 1.54) is 6.20 Å². The molecular formula is C14H18BrN3O2. The second-order valence-corrected chi connectivity index (χ2v) is 6.47. The third-order valence-electron chi connectivity index (χ3n) is 4.41. The van der Waals surface area contributed by atoms with Crippen molar-refractivity contribution in [2.45, 2.75) is 12.8 Å². The number of H-pyrrole nitrogens is 1. The molecule has 0 aliphatic carbocycles. The predicted octanol–water partition coefficient (Wildman–Crippen LogP) is 1.21. The number of rotatable bonds is 1. The summed E-state index contributed by atoms with van der Waals surface area (Å²) >= 11 is 3.17. The first-order chi connectivity index (χ1) is 9.65. The normalized spacial score (nSPS) is 26.1. The van der Waals surface area contributed by atoms with E-state index in [4.69, 9.17) is 0 Å². The molecular weight excluding hydrogens is 322 g/mol. The monoisotopic (exact) mass is 339 g/mol. The summed E-state index contributed by atoms with van der Waals surface area (Å²) in [5, 5.41) is 3.43. The number of aromatic nitrogens is 1. The van der Waals surface area contributed by atoms with Crippen LogP contribution in [0.1, 0.15) is 23.2 Å². The van der Waals surface area contributed by atoms with Crippen LogP contribution in [0.3, 0.4) is 0 Å². The summed E-state index contributed by atoms with van der Waals surface area (Å²) in [6, 6.07) is 1.61. The minimum Gasteiger partial charge on any atom is -0.339 e. The van der Waals surface area contributed by atoms with E-state index >= 15 is 0 Å². The number of halogens is 1. The highest BCUT2D eigenvalue weighted by molar-refractivity contribution is 9.10. The van der Waals surface area contributed by atoms with Gasteiger partial charge in [0.25, 0.3) is 11.5 Å². The second-order valence-electron chi connectivity index (χ2n) is 5.61. The van der Waals surface area contributed by atoms with E-state index in [0.29, 0.717) is 21.9 Å². The fraction of sp³-hybridized carbons (Fsp3) is 0.571. The van der Waals surface area contributed by atoms with E-state index in [0.717, 1.165) is 39.0 Å². The van der Waals surface area contributed by atoms with Crippen LogP contribution >= 0.6 is 15.9 Å². The number of amides is 1. The van der Waals surface area contributed by atoms with Crippen molar-refractivity contribution in [1.29, 1.82) is 0 Å². The molecule has 0 aromatic carbocycles. The van der Waals surface area contributed by atoms with Crippen LogP contribution in [-0.4, -0.2) is 42.0 Å². The zero-order valence-electron chi connectivity index (χ0n) is 11.2. The third kappa shape index (κ3) is 2.67. The van der Waals surface area contributed by atoms with Crippen molar-refractivity contribution in [2.24, 2.45) is 11.8 Å². The summed E-state index contributed by atoms with van der Waals surface area (Å²) in [6.45, 7) is 3.77. The number of carbonyl (C=O) groups is 1. The first-order valence-corrected chi connectivity index (χ1v) is 7.82. The van der Waals surface area contributed by atoms with Gasteiger partial charge in [0.2, 0.25) is 0 Å². The lowest BCUT2D eigenvalue weighted by Crippen LogP contribution is -2.33. The van der Waals surface area contributed by atoms with Gasteiger partial charge in [-0.3, -0.25) is 9.59 Å². The number of hydrogen-bond acceptors (Lipinski definition) is 3. The van der Waals surface area contributed by atoms with Crippen LogP contribution in [0.5, 0.6) is 0 Å². The molecule has 1 amide bonds. The molecule has 0 unspecified atom stereocenters. The van der Waals surface area contributed by atoms with Gasteiger partial charge in [0.1, 0.15) is 0 Å². The van der Waals surface area contributed by atoms with Crippen molar-refractivity contribution in [3.8, 4) is 0 Å². The summed E-state index contributed by atoms with van der Waals surface area (Å²) in [7, 11) is 0. The zero-order chi connectivity index (χ0) is 14.1. The van der Waals surface area contributed by atoms with Crippen molar-refractivity contribution in [3.63, 3.8) is 0 Å². The highest BCUT2D eigenvalue weighted by Crippen LogP contribution is 2.27. The summed E-state index contributed by atoms with van der Waals surface area (Å²) < 4.78 is 0.402. The Hall–Kier alpha value is -1.14. The molecule has 3 rings (SSSR count). The Kier molecular flexibility index (Phi) is 3.94. The lowest BCUT2D eigenvalue weighted by atomic mass is 9.92. The van der Waals surface area contributed by atoms with Gasteiger partial charge in [-0.2, -0.15) is 0 Å². The van der Waals surface area contributed by atoms with E-state index in [9.17, 15) is 9.59 Å². The molecule has 0 bridgehead atoms. The van der Waals surface area contributed by atoms with Crippen molar-refractivity contribution < 1.29 is 4.79 Å². The maximum Gasteiger partial charge on any atom is 0.262 e. The number of aromatic amines is 1. The van der Waals surface area contributed by atoms with Crippen LogP contribution in [0.4, 0.5) is 0 Å². The van der Waals surface area contributed by atoms with Gasteiger partial charge in [-0.25, -0.2) is 0 Å². The van der Waals surface area contributed by atoms with Gasteiger partial charge in [0.05, 0.1) is 10.0 Å². The van der Waals surface area contributed by atoms with Crippen molar-refractivity contribution in [2.75, 3.05) is 26.2 Å². The van der Waals surface area contributed by atoms with Crippen LogP contribution in [0.2, 0.25) is 0 Å². The van der Waals surface area contributed by atoms with E-state index in [-0.39, 0.29) is 11.5 Å². The number of fused-ring (bicyclic) bond motifs is 1. The van der Waals surface area contributed by atoms with Crippen molar-refractivity contribution in [3.05, 3.63) is 32.7 Å². The first kappa shape index (κ1) is 13.8. The van der Waals surface area contributed by atoms with E-state index in [2.05, 4.69) is 26.2 Å². The second kappa shape index (κ2) is 5.69. The first-order valence-electron chi connectivity index (χ1n) is 7.03. The largest absolute Gasteiger partial charge is 0.339 e. The molecule has 0 saturated carbocycles. The Morgan fingerprint density at radius 1 is 1.25 bits per heavy atom. The summed E-state index contributed by atoms with van der Waals surface area (Å²) in [6.07, 6.45) is 3.63. The fourth-order valence-electron chi connectivity index (χ4n) is 3.18. The Balaban J connectivity index is 1.73. The number of nitrogens with one attached hydrogen (secondary N) is 2. The van der Waals surface area contributed by atoms with Gasteiger partial charge < -0.3 is 15.2 Å². The predicted molar refractivity (Wildman–Crippen MR) is 79.7 cm³/mol. The van der Waals surface area contributed by atoms with Gasteiger partial charge in [0, 0.05) is 19.3 Å². The van der Waals surface area contributed by atoms with E-state index in [1.54, 1.807) is 6.07 Å².